The van der Waals surface area contributed by atoms with Gasteiger partial charge in [0.15, 0.2) is 0 Å². The molecule has 2 N–H and O–H groups in total. The van der Waals surface area contributed by atoms with Crippen LogP contribution in [-0.4, -0.2) is 4.98 Å². The van der Waals surface area contributed by atoms with Crippen LogP contribution in [0.5, 0.6) is 0 Å². The van der Waals surface area contributed by atoms with Crippen LogP contribution in [0.3, 0.4) is 0 Å². The lowest BCUT2D eigenvalue weighted by Gasteiger charge is -2.11. The van der Waals surface area contributed by atoms with Crippen molar-refractivity contribution in [1.29, 1.82) is 0 Å². The molecule has 0 saturated carbocycles. The molecule has 1 aromatic heterocycles. The SMILES string of the molecule is CC(Sc1ccc(Cl)cn1)c1ccc(N)cc1. The molecule has 2 aromatic rings. The summed E-state index contributed by atoms with van der Waals surface area (Å²) in [5.74, 6) is 0. The van der Waals surface area contributed by atoms with E-state index in [0.717, 1.165) is 10.7 Å². The van der Waals surface area contributed by atoms with E-state index in [1.54, 1.807) is 18.0 Å². The lowest BCUT2D eigenvalue weighted by molar-refractivity contribution is 1.06. The second-order valence-corrected chi connectivity index (χ2v) is 5.54. The molecule has 2 rings (SSSR count). The molecule has 0 bridgehead atoms. The summed E-state index contributed by atoms with van der Waals surface area (Å²) < 4.78 is 0. The van der Waals surface area contributed by atoms with Crippen molar-refractivity contribution in [3.05, 3.63) is 53.2 Å². The lowest BCUT2D eigenvalue weighted by atomic mass is 10.1. The number of thioether (sulfide) groups is 1. The van der Waals surface area contributed by atoms with Crippen LogP contribution in [-0.2, 0) is 0 Å². The van der Waals surface area contributed by atoms with Crippen LogP contribution in [0.4, 0.5) is 5.69 Å². The van der Waals surface area contributed by atoms with Gasteiger partial charge in [-0.05, 0) is 36.8 Å². The van der Waals surface area contributed by atoms with Gasteiger partial charge in [-0.2, -0.15) is 0 Å². The number of benzene rings is 1. The average Bonchev–Trinajstić information content (AvgIpc) is 2.33. The Morgan fingerprint density at radius 2 is 1.88 bits per heavy atom. The van der Waals surface area contributed by atoms with Crippen molar-refractivity contribution >= 4 is 29.1 Å². The number of pyridine rings is 1. The minimum atomic E-state index is 0.337. The minimum absolute atomic E-state index is 0.337. The molecular weight excluding hydrogens is 252 g/mol. The van der Waals surface area contributed by atoms with Crippen molar-refractivity contribution in [1.82, 2.24) is 4.98 Å². The van der Waals surface area contributed by atoms with Crippen LogP contribution >= 0.6 is 23.4 Å². The van der Waals surface area contributed by atoms with Crippen LogP contribution in [0, 0.1) is 0 Å². The molecule has 0 fully saturated rings. The summed E-state index contributed by atoms with van der Waals surface area (Å²) in [4.78, 5) is 4.27. The van der Waals surface area contributed by atoms with Crippen LogP contribution < -0.4 is 5.73 Å². The summed E-state index contributed by atoms with van der Waals surface area (Å²) in [6.45, 7) is 2.15. The largest absolute Gasteiger partial charge is 0.399 e. The van der Waals surface area contributed by atoms with Gasteiger partial charge in [0.1, 0.15) is 0 Å². The van der Waals surface area contributed by atoms with E-state index in [2.05, 4.69) is 11.9 Å². The van der Waals surface area contributed by atoms with Gasteiger partial charge in [0.05, 0.1) is 10.0 Å². The van der Waals surface area contributed by atoms with E-state index in [9.17, 15) is 0 Å². The van der Waals surface area contributed by atoms with Gasteiger partial charge in [-0.3, -0.25) is 0 Å². The third-order valence-corrected chi connectivity index (χ3v) is 3.74. The molecule has 1 aromatic carbocycles. The van der Waals surface area contributed by atoms with E-state index in [0.29, 0.717) is 10.3 Å². The van der Waals surface area contributed by atoms with E-state index in [4.69, 9.17) is 17.3 Å². The van der Waals surface area contributed by atoms with Gasteiger partial charge in [0.25, 0.3) is 0 Å². The van der Waals surface area contributed by atoms with E-state index in [1.807, 2.05) is 36.4 Å². The predicted octanol–water partition coefficient (Wildman–Crippen LogP) is 4.17. The number of halogens is 1. The molecular formula is C13H13ClN2S. The maximum Gasteiger partial charge on any atom is 0.0966 e. The Balaban J connectivity index is 2.08. The first kappa shape index (κ1) is 12.3. The first-order valence-electron chi connectivity index (χ1n) is 5.29. The van der Waals surface area contributed by atoms with Gasteiger partial charge in [-0.25, -0.2) is 4.98 Å². The van der Waals surface area contributed by atoms with E-state index >= 15 is 0 Å². The molecule has 4 heteroatoms. The Morgan fingerprint density at radius 3 is 2.47 bits per heavy atom. The summed E-state index contributed by atoms with van der Waals surface area (Å²) in [6.07, 6.45) is 1.67. The molecule has 88 valence electrons. The quantitative estimate of drug-likeness (QED) is 0.668. The Hall–Kier alpha value is -1.19. The topological polar surface area (TPSA) is 38.9 Å². The predicted molar refractivity (Wildman–Crippen MR) is 74.4 cm³/mol. The second-order valence-electron chi connectivity index (χ2n) is 3.74. The number of hydrogen-bond donors (Lipinski definition) is 1. The first-order chi connectivity index (χ1) is 8.15. The molecule has 0 aliphatic carbocycles. The van der Waals surface area contributed by atoms with Crippen molar-refractivity contribution < 1.29 is 0 Å². The fourth-order valence-electron chi connectivity index (χ4n) is 1.45. The van der Waals surface area contributed by atoms with Gasteiger partial charge in [0, 0.05) is 17.1 Å². The van der Waals surface area contributed by atoms with Crippen LogP contribution in [0.25, 0.3) is 0 Å². The number of anilines is 1. The van der Waals surface area contributed by atoms with Gasteiger partial charge < -0.3 is 5.73 Å². The molecule has 0 amide bonds. The summed E-state index contributed by atoms with van der Waals surface area (Å²) in [7, 11) is 0. The average molecular weight is 265 g/mol. The van der Waals surface area contributed by atoms with Crippen molar-refractivity contribution in [3.63, 3.8) is 0 Å². The molecule has 1 atom stereocenters. The minimum Gasteiger partial charge on any atom is -0.399 e. The molecule has 1 heterocycles. The van der Waals surface area contributed by atoms with E-state index < -0.39 is 0 Å². The Labute approximate surface area is 110 Å². The van der Waals surface area contributed by atoms with Crippen molar-refractivity contribution in [2.45, 2.75) is 17.2 Å². The van der Waals surface area contributed by atoms with E-state index in [-0.39, 0.29) is 0 Å². The number of rotatable bonds is 3. The Morgan fingerprint density at radius 1 is 1.18 bits per heavy atom. The standard InChI is InChI=1S/C13H13ClN2S/c1-9(10-2-5-12(15)6-3-10)17-13-7-4-11(14)8-16-13/h2-9H,15H2,1H3. The zero-order chi connectivity index (χ0) is 12.3. The highest BCUT2D eigenvalue weighted by Crippen LogP contribution is 2.33. The normalized spacial score (nSPS) is 12.4. The zero-order valence-electron chi connectivity index (χ0n) is 9.43. The third kappa shape index (κ3) is 3.38. The van der Waals surface area contributed by atoms with Crippen molar-refractivity contribution in [2.75, 3.05) is 5.73 Å². The third-order valence-electron chi connectivity index (χ3n) is 2.40. The first-order valence-corrected chi connectivity index (χ1v) is 6.54. The number of nitrogens with zero attached hydrogens (tertiary/aromatic N) is 1. The molecule has 0 spiro atoms. The van der Waals surface area contributed by atoms with Crippen LogP contribution in [0.1, 0.15) is 17.7 Å². The zero-order valence-corrected chi connectivity index (χ0v) is 11.0. The molecule has 1 unspecified atom stereocenters. The maximum atomic E-state index is 5.80. The van der Waals surface area contributed by atoms with Gasteiger partial charge in [-0.1, -0.05) is 35.5 Å². The van der Waals surface area contributed by atoms with Gasteiger partial charge in [-0.15, -0.1) is 0 Å². The molecule has 0 aliphatic rings. The smallest absolute Gasteiger partial charge is 0.0966 e. The summed E-state index contributed by atoms with van der Waals surface area (Å²) in [5.41, 5.74) is 7.69. The second kappa shape index (κ2) is 5.43. The van der Waals surface area contributed by atoms with Crippen molar-refractivity contribution in [3.8, 4) is 0 Å². The summed E-state index contributed by atoms with van der Waals surface area (Å²) >= 11 is 7.50. The maximum absolute atomic E-state index is 5.80. The molecule has 17 heavy (non-hydrogen) atoms. The summed E-state index contributed by atoms with van der Waals surface area (Å²) in [6, 6.07) is 11.7. The molecule has 0 saturated heterocycles. The highest BCUT2D eigenvalue weighted by atomic mass is 35.5. The monoisotopic (exact) mass is 264 g/mol. The van der Waals surface area contributed by atoms with Crippen molar-refractivity contribution in [2.24, 2.45) is 0 Å². The highest BCUT2D eigenvalue weighted by molar-refractivity contribution is 7.99. The molecule has 0 radical (unpaired) electrons. The van der Waals surface area contributed by atoms with Gasteiger partial charge in [0.2, 0.25) is 0 Å². The fourth-order valence-corrected chi connectivity index (χ4v) is 2.48. The van der Waals surface area contributed by atoms with Crippen LogP contribution in [0.2, 0.25) is 5.02 Å². The van der Waals surface area contributed by atoms with Gasteiger partial charge >= 0.3 is 0 Å². The fraction of sp³-hybridized carbons (Fsp3) is 0.154. The van der Waals surface area contributed by atoms with E-state index in [1.165, 1.54) is 5.56 Å². The Bertz CT molecular complexity index is 482. The number of nitrogens with two attached hydrogens (primary N) is 1. The number of aromatic nitrogens is 1. The number of nitrogen functional groups attached to an aromatic ring is 1. The number of hydrogen-bond acceptors (Lipinski definition) is 3. The molecule has 0 aliphatic heterocycles. The Kier molecular flexibility index (Phi) is 3.92. The summed E-state index contributed by atoms with van der Waals surface area (Å²) in [5, 5.41) is 1.97. The van der Waals surface area contributed by atoms with Crippen LogP contribution in [0.15, 0.2) is 47.6 Å². The highest BCUT2D eigenvalue weighted by Gasteiger charge is 2.07. The molecule has 2 nitrogen and oxygen atoms in total. The lowest BCUT2D eigenvalue weighted by Crippen LogP contribution is -1.91.